The van der Waals surface area contributed by atoms with E-state index in [1.165, 1.54) is 0 Å². The van der Waals surface area contributed by atoms with Crippen LogP contribution in [0.15, 0.2) is 42.5 Å². The van der Waals surface area contributed by atoms with Crippen molar-refractivity contribution in [3.63, 3.8) is 0 Å². The van der Waals surface area contributed by atoms with Gasteiger partial charge >= 0.3 is 5.97 Å². The second-order valence-electron chi connectivity index (χ2n) is 5.91. The summed E-state index contributed by atoms with van der Waals surface area (Å²) in [4.78, 5) is 23.6. The first-order valence-electron chi connectivity index (χ1n) is 7.76. The Bertz CT molecular complexity index is 729. The molecule has 0 spiro atoms. The van der Waals surface area contributed by atoms with Gasteiger partial charge in [-0.25, -0.2) is 4.79 Å². The van der Waals surface area contributed by atoms with E-state index in [2.05, 4.69) is 5.32 Å². The summed E-state index contributed by atoms with van der Waals surface area (Å²) in [6.07, 6.45) is 2.58. The number of benzene rings is 2. The topological polar surface area (TPSA) is 75.6 Å². The van der Waals surface area contributed by atoms with Crippen LogP contribution in [0.3, 0.4) is 0 Å². The zero-order valence-electron chi connectivity index (χ0n) is 12.7. The highest BCUT2D eigenvalue weighted by molar-refractivity contribution is 5.90. The molecule has 1 fully saturated rings. The van der Waals surface area contributed by atoms with Gasteiger partial charge in [-0.15, -0.1) is 0 Å². The number of fused-ring (bicyclic) bond motifs is 1. The molecule has 1 amide bonds. The fourth-order valence-electron chi connectivity index (χ4n) is 3.14. The molecule has 3 rings (SSSR count). The van der Waals surface area contributed by atoms with Crippen LogP contribution in [0, 0.1) is 0 Å². The Morgan fingerprint density at radius 3 is 2.52 bits per heavy atom. The molecule has 2 aromatic rings. The molecule has 0 unspecified atom stereocenters. The van der Waals surface area contributed by atoms with Crippen LogP contribution in [0.25, 0.3) is 10.8 Å². The summed E-state index contributed by atoms with van der Waals surface area (Å²) in [5.41, 5.74) is -1.13. The molecule has 0 bridgehead atoms. The van der Waals surface area contributed by atoms with Gasteiger partial charge in [-0.05, 0) is 24.3 Å². The summed E-state index contributed by atoms with van der Waals surface area (Å²) in [5.74, 6) is -0.746. The second kappa shape index (κ2) is 6.28. The van der Waals surface area contributed by atoms with E-state index in [4.69, 9.17) is 4.74 Å². The van der Waals surface area contributed by atoms with Crippen molar-refractivity contribution in [1.29, 1.82) is 0 Å². The number of amides is 1. The molecule has 120 valence electrons. The van der Waals surface area contributed by atoms with Crippen LogP contribution in [0.2, 0.25) is 0 Å². The van der Waals surface area contributed by atoms with Crippen molar-refractivity contribution in [2.45, 2.75) is 31.2 Å². The van der Waals surface area contributed by atoms with Gasteiger partial charge < -0.3 is 15.2 Å². The molecule has 0 atom stereocenters. The molecule has 0 radical (unpaired) electrons. The zero-order valence-corrected chi connectivity index (χ0v) is 12.7. The lowest BCUT2D eigenvalue weighted by Crippen LogP contribution is -2.53. The highest BCUT2D eigenvalue weighted by atomic mass is 16.5. The van der Waals surface area contributed by atoms with Crippen LogP contribution in [-0.2, 0) is 9.59 Å². The molecule has 1 aliphatic rings. The van der Waals surface area contributed by atoms with Crippen LogP contribution in [0.1, 0.15) is 25.7 Å². The van der Waals surface area contributed by atoms with Gasteiger partial charge in [0.25, 0.3) is 5.91 Å². The van der Waals surface area contributed by atoms with Crippen molar-refractivity contribution in [2.75, 3.05) is 6.61 Å². The van der Waals surface area contributed by atoms with E-state index in [0.29, 0.717) is 18.6 Å². The lowest BCUT2D eigenvalue weighted by atomic mass is 9.98. The van der Waals surface area contributed by atoms with E-state index < -0.39 is 17.4 Å². The molecule has 23 heavy (non-hydrogen) atoms. The quantitative estimate of drug-likeness (QED) is 0.890. The molecule has 0 saturated heterocycles. The Labute approximate surface area is 134 Å². The largest absolute Gasteiger partial charge is 0.483 e. The standard InChI is InChI=1S/C18H19NO4/c20-16(19-18(17(21)22)10-3-4-11-18)12-23-15-9-5-7-13-6-1-2-8-14(13)15/h1-2,5-9H,3-4,10-12H2,(H,19,20)(H,21,22). The van der Waals surface area contributed by atoms with Crippen molar-refractivity contribution >= 4 is 22.6 Å². The highest BCUT2D eigenvalue weighted by Crippen LogP contribution is 2.30. The van der Waals surface area contributed by atoms with Crippen molar-refractivity contribution < 1.29 is 19.4 Å². The minimum atomic E-state index is -1.13. The van der Waals surface area contributed by atoms with Crippen LogP contribution in [-0.4, -0.2) is 29.1 Å². The molecule has 0 heterocycles. The van der Waals surface area contributed by atoms with Gasteiger partial charge in [0.15, 0.2) is 6.61 Å². The highest BCUT2D eigenvalue weighted by Gasteiger charge is 2.42. The number of rotatable bonds is 5. The molecule has 0 aromatic heterocycles. The third kappa shape index (κ3) is 3.13. The van der Waals surface area contributed by atoms with Crippen molar-refractivity contribution in [3.05, 3.63) is 42.5 Å². The van der Waals surface area contributed by atoms with Gasteiger partial charge in [0.05, 0.1) is 0 Å². The predicted octanol–water partition coefficient (Wildman–Crippen LogP) is 2.73. The second-order valence-corrected chi connectivity index (χ2v) is 5.91. The number of carboxylic acid groups (broad SMARTS) is 1. The number of hydrogen-bond acceptors (Lipinski definition) is 3. The Morgan fingerprint density at radius 2 is 1.78 bits per heavy atom. The Hall–Kier alpha value is -2.56. The van der Waals surface area contributed by atoms with E-state index in [9.17, 15) is 14.7 Å². The number of aliphatic carboxylic acids is 1. The number of ether oxygens (including phenoxy) is 1. The summed E-state index contributed by atoms with van der Waals surface area (Å²) in [6.45, 7) is -0.191. The van der Waals surface area contributed by atoms with Gasteiger partial charge in [-0.3, -0.25) is 4.79 Å². The molecule has 2 aromatic carbocycles. The molecular weight excluding hydrogens is 294 g/mol. The summed E-state index contributed by atoms with van der Waals surface area (Å²) in [6, 6.07) is 13.4. The van der Waals surface area contributed by atoms with E-state index in [0.717, 1.165) is 23.6 Å². The van der Waals surface area contributed by atoms with Gasteiger partial charge in [-0.2, -0.15) is 0 Å². The molecule has 5 nitrogen and oxygen atoms in total. The summed E-state index contributed by atoms with van der Waals surface area (Å²) in [5, 5.41) is 14.0. The van der Waals surface area contributed by atoms with Crippen molar-refractivity contribution in [1.82, 2.24) is 5.32 Å². The SMILES string of the molecule is O=C(COc1cccc2ccccc12)NC1(C(=O)O)CCCC1. The fraction of sp³-hybridized carbons (Fsp3) is 0.333. The number of carboxylic acids is 1. The first kappa shape index (κ1) is 15.3. The number of carbonyl (C=O) groups is 2. The minimum absolute atomic E-state index is 0.191. The van der Waals surface area contributed by atoms with E-state index in [1.54, 1.807) is 6.07 Å². The number of carbonyl (C=O) groups excluding carboxylic acids is 1. The van der Waals surface area contributed by atoms with Gasteiger partial charge in [-0.1, -0.05) is 49.2 Å². The van der Waals surface area contributed by atoms with Crippen LogP contribution >= 0.6 is 0 Å². The lowest BCUT2D eigenvalue weighted by Gasteiger charge is -2.25. The van der Waals surface area contributed by atoms with E-state index in [1.807, 2.05) is 36.4 Å². The first-order valence-corrected chi connectivity index (χ1v) is 7.76. The van der Waals surface area contributed by atoms with Gasteiger partial charge in [0, 0.05) is 5.39 Å². The van der Waals surface area contributed by atoms with Gasteiger partial charge in [0.2, 0.25) is 0 Å². The molecule has 5 heteroatoms. The maximum atomic E-state index is 12.1. The molecule has 2 N–H and O–H groups in total. The van der Waals surface area contributed by atoms with Crippen LogP contribution < -0.4 is 10.1 Å². The molecule has 1 saturated carbocycles. The monoisotopic (exact) mass is 313 g/mol. The summed E-state index contributed by atoms with van der Waals surface area (Å²) in [7, 11) is 0. The van der Waals surface area contributed by atoms with E-state index >= 15 is 0 Å². The first-order chi connectivity index (χ1) is 11.1. The zero-order chi connectivity index (χ0) is 16.3. The minimum Gasteiger partial charge on any atom is -0.483 e. The predicted molar refractivity (Wildman–Crippen MR) is 86.4 cm³/mol. The maximum Gasteiger partial charge on any atom is 0.329 e. The van der Waals surface area contributed by atoms with Crippen molar-refractivity contribution in [2.24, 2.45) is 0 Å². The Kier molecular flexibility index (Phi) is 4.19. The average Bonchev–Trinajstić information content (AvgIpc) is 3.03. The third-order valence-corrected chi connectivity index (χ3v) is 4.35. The maximum absolute atomic E-state index is 12.1. The summed E-state index contributed by atoms with van der Waals surface area (Å²) < 4.78 is 5.61. The lowest BCUT2D eigenvalue weighted by molar-refractivity contribution is -0.147. The third-order valence-electron chi connectivity index (χ3n) is 4.35. The van der Waals surface area contributed by atoms with Crippen molar-refractivity contribution in [3.8, 4) is 5.75 Å². The summed E-state index contributed by atoms with van der Waals surface area (Å²) >= 11 is 0. The Morgan fingerprint density at radius 1 is 1.09 bits per heavy atom. The van der Waals surface area contributed by atoms with Crippen LogP contribution in [0.5, 0.6) is 5.75 Å². The molecule has 0 aliphatic heterocycles. The normalized spacial score (nSPS) is 16.2. The fourth-order valence-corrected chi connectivity index (χ4v) is 3.14. The smallest absolute Gasteiger partial charge is 0.329 e. The number of hydrogen-bond donors (Lipinski definition) is 2. The Balaban J connectivity index is 1.68. The van der Waals surface area contributed by atoms with Crippen LogP contribution in [0.4, 0.5) is 0 Å². The van der Waals surface area contributed by atoms with Gasteiger partial charge in [0.1, 0.15) is 11.3 Å². The average molecular weight is 313 g/mol. The molecule has 1 aliphatic carbocycles. The molecular formula is C18H19NO4. The van der Waals surface area contributed by atoms with E-state index in [-0.39, 0.29) is 6.61 Å². The number of nitrogens with one attached hydrogen (secondary N) is 1.